The maximum Gasteiger partial charge on any atom is 0.308 e. The van der Waals surface area contributed by atoms with E-state index in [1.54, 1.807) is 12.1 Å². The van der Waals surface area contributed by atoms with Gasteiger partial charge in [0.05, 0.1) is 10.9 Å². The topological polar surface area (TPSA) is 66.4 Å². The molecule has 1 amide bonds. The van der Waals surface area contributed by atoms with Crippen molar-refractivity contribution in [2.24, 2.45) is 5.92 Å². The van der Waals surface area contributed by atoms with Gasteiger partial charge in [0.15, 0.2) is 0 Å². The highest BCUT2D eigenvalue weighted by Gasteiger charge is 2.17. The standard InChI is InChI=1S/C13H15BrClNO3/c1-2-3-9(13(18)19)7-16-12(17)8-4-5-10(14)11(15)6-8/h4-6,9H,2-3,7H2,1H3,(H,16,17)(H,18,19). The van der Waals surface area contributed by atoms with Crippen molar-refractivity contribution in [2.45, 2.75) is 19.8 Å². The molecule has 0 aliphatic carbocycles. The van der Waals surface area contributed by atoms with Gasteiger partial charge in [0.2, 0.25) is 0 Å². The number of halogens is 2. The normalized spacial score (nSPS) is 11.9. The zero-order valence-electron chi connectivity index (χ0n) is 10.5. The molecule has 1 rings (SSSR count). The lowest BCUT2D eigenvalue weighted by Gasteiger charge is -2.12. The summed E-state index contributed by atoms with van der Waals surface area (Å²) in [4.78, 5) is 22.8. The third-order valence-electron chi connectivity index (χ3n) is 2.68. The minimum atomic E-state index is -0.893. The maximum absolute atomic E-state index is 11.9. The Kier molecular flexibility index (Phi) is 6.31. The van der Waals surface area contributed by atoms with E-state index in [-0.39, 0.29) is 12.5 Å². The van der Waals surface area contributed by atoms with E-state index in [1.165, 1.54) is 6.07 Å². The van der Waals surface area contributed by atoms with E-state index in [0.717, 1.165) is 6.42 Å². The van der Waals surface area contributed by atoms with E-state index < -0.39 is 11.9 Å². The van der Waals surface area contributed by atoms with Crippen molar-refractivity contribution < 1.29 is 14.7 Å². The average molecular weight is 349 g/mol. The monoisotopic (exact) mass is 347 g/mol. The lowest BCUT2D eigenvalue weighted by molar-refractivity contribution is -0.141. The summed E-state index contributed by atoms with van der Waals surface area (Å²) in [5, 5.41) is 12.0. The molecular formula is C13H15BrClNO3. The second-order valence-corrected chi connectivity index (χ2v) is 5.42. The third kappa shape index (κ3) is 4.84. The molecule has 0 aliphatic rings. The van der Waals surface area contributed by atoms with E-state index in [2.05, 4.69) is 21.2 Å². The molecule has 6 heteroatoms. The summed E-state index contributed by atoms with van der Waals surface area (Å²) in [6.07, 6.45) is 1.30. The van der Waals surface area contributed by atoms with Gasteiger partial charge in [-0.3, -0.25) is 9.59 Å². The fourth-order valence-electron chi connectivity index (χ4n) is 1.62. The van der Waals surface area contributed by atoms with Gasteiger partial charge < -0.3 is 10.4 Å². The van der Waals surface area contributed by atoms with Crippen LogP contribution in [0, 0.1) is 5.92 Å². The summed E-state index contributed by atoms with van der Waals surface area (Å²) in [6.45, 7) is 2.03. The highest BCUT2D eigenvalue weighted by atomic mass is 79.9. The number of aliphatic carboxylic acids is 1. The summed E-state index contributed by atoms with van der Waals surface area (Å²) >= 11 is 9.14. The Morgan fingerprint density at radius 3 is 2.68 bits per heavy atom. The summed E-state index contributed by atoms with van der Waals surface area (Å²) in [5.74, 6) is -1.77. The van der Waals surface area contributed by atoms with Crippen molar-refractivity contribution >= 4 is 39.4 Å². The Morgan fingerprint density at radius 1 is 1.47 bits per heavy atom. The Hall–Kier alpha value is -1.07. The molecule has 1 atom stereocenters. The Balaban J connectivity index is 2.63. The molecule has 19 heavy (non-hydrogen) atoms. The van der Waals surface area contributed by atoms with Crippen molar-refractivity contribution in [1.82, 2.24) is 5.32 Å². The van der Waals surface area contributed by atoms with Gasteiger partial charge in [-0.15, -0.1) is 0 Å². The third-order valence-corrected chi connectivity index (χ3v) is 3.91. The van der Waals surface area contributed by atoms with Gasteiger partial charge in [0, 0.05) is 16.6 Å². The summed E-state index contributed by atoms with van der Waals surface area (Å²) in [5.41, 5.74) is 0.411. The summed E-state index contributed by atoms with van der Waals surface area (Å²) < 4.78 is 0.708. The number of amides is 1. The quantitative estimate of drug-likeness (QED) is 0.828. The van der Waals surface area contributed by atoms with Gasteiger partial charge in [-0.05, 0) is 40.5 Å². The largest absolute Gasteiger partial charge is 0.481 e. The molecule has 1 unspecified atom stereocenters. The van der Waals surface area contributed by atoms with Crippen molar-refractivity contribution in [2.75, 3.05) is 6.54 Å². The number of nitrogens with one attached hydrogen (secondary N) is 1. The van der Waals surface area contributed by atoms with Crippen LogP contribution in [-0.4, -0.2) is 23.5 Å². The van der Waals surface area contributed by atoms with Gasteiger partial charge in [-0.2, -0.15) is 0 Å². The van der Waals surface area contributed by atoms with E-state index in [0.29, 0.717) is 21.5 Å². The van der Waals surface area contributed by atoms with Crippen LogP contribution < -0.4 is 5.32 Å². The maximum atomic E-state index is 11.9. The van der Waals surface area contributed by atoms with E-state index in [1.807, 2.05) is 6.92 Å². The minimum Gasteiger partial charge on any atom is -0.481 e. The SMILES string of the molecule is CCCC(CNC(=O)c1ccc(Br)c(Cl)c1)C(=O)O. The van der Waals surface area contributed by atoms with Crippen LogP contribution in [0.4, 0.5) is 0 Å². The predicted octanol–water partition coefficient (Wildman–Crippen LogP) is 3.33. The van der Waals surface area contributed by atoms with Gasteiger partial charge in [-0.25, -0.2) is 0 Å². The lowest BCUT2D eigenvalue weighted by Crippen LogP contribution is -2.32. The molecule has 0 radical (unpaired) electrons. The summed E-state index contributed by atoms with van der Waals surface area (Å²) in [7, 11) is 0. The number of carbonyl (C=O) groups is 2. The number of hydrogen-bond donors (Lipinski definition) is 2. The van der Waals surface area contributed by atoms with Gasteiger partial charge in [-0.1, -0.05) is 24.9 Å². The number of carboxylic acid groups (broad SMARTS) is 1. The highest BCUT2D eigenvalue weighted by Crippen LogP contribution is 2.23. The molecule has 104 valence electrons. The minimum absolute atomic E-state index is 0.121. The molecule has 0 fully saturated rings. The molecular weight excluding hydrogens is 334 g/mol. The second kappa shape index (κ2) is 7.50. The molecule has 0 aliphatic heterocycles. The van der Waals surface area contributed by atoms with Crippen molar-refractivity contribution in [1.29, 1.82) is 0 Å². The number of carboxylic acids is 1. The van der Waals surface area contributed by atoms with Crippen LogP contribution in [0.1, 0.15) is 30.1 Å². The first-order chi connectivity index (χ1) is 8.95. The van der Waals surface area contributed by atoms with Gasteiger partial charge in [0.1, 0.15) is 0 Å². The van der Waals surface area contributed by atoms with Crippen LogP contribution in [-0.2, 0) is 4.79 Å². The first-order valence-corrected chi connectivity index (χ1v) is 7.08. The number of rotatable bonds is 6. The first-order valence-electron chi connectivity index (χ1n) is 5.91. The molecule has 2 N–H and O–H groups in total. The second-order valence-electron chi connectivity index (χ2n) is 4.16. The predicted molar refractivity (Wildman–Crippen MR) is 77.5 cm³/mol. The number of hydrogen-bond acceptors (Lipinski definition) is 2. The number of benzene rings is 1. The molecule has 0 saturated heterocycles. The molecule has 0 aromatic heterocycles. The van der Waals surface area contributed by atoms with Crippen LogP contribution in [0.15, 0.2) is 22.7 Å². The van der Waals surface area contributed by atoms with Crippen LogP contribution in [0.2, 0.25) is 5.02 Å². The average Bonchev–Trinajstić information content (AvgIpc) is 2.37. The number of carbonyl (C=O) groups excluding carboxylic acids is 1. The zero-order valence-corrected chi connectivity index (χ0v) is 12.8. The Labute approximate surface area is 125 Å². The molecule has 0 saturated carbocycles. The lowest BCUT2D eigenvalue weighted by atomic mass is 10.0. The molecule has 0 spiro atoms. The molecule has 0 heterocycles. The van der Waals surface area contributed by atoms with Crippen molar-refractivity contribution in [3.63, 3.8) is 0 Å². The zero-order chi connectivity index (χ0) is 14.4. The van der Waals surface area contributed by atoms with Gasteiger partial charge >= 0.3 is 5.97 Å². The highest BCUT2D eigenvalue weighted by molar-refractivity contribution is 9.10. The van der Waals surface area contributed by atoms with Crippen molar-refractivity contribution in [3.8, 4) is 0 Å². The van der Waals surface area contributed by atoms with Crippen molar-refractivity contribution in [3.05, 3.63) is 33.3 Å². The van der Waals surface area contributed by atoms with E-state index >= 15 is 0 Å². The van der Waals surface area contributed by atoms with Gasteiger partial charge in [0.25, 0.3) is 5.91 Å². The molecule has 1 aromatic carbocycles. The Bertz CT molecular complexity index is 479. The summed E-state index contributed by atoms with van der Waals surface area (Å²) in [6, 6.07) is 4.84. The molecule has 1 aromatic rings. The smallest absolute Gasteiger partial charge is 0.308 e. The van der Waals surface area contributed by atoms with E-state index in [9.17, 15) is 9.59 Å². The fourth-order valence-corrected chi connectivity index (χ4v) is 2.04. The molecule has 4 nitrogen and oxygen atoms in total. The van der Waals surface area contributed by atoms with Crippen LogP contribution in [0.25, 0.3) is 0 Å². The van der Waals surface area contributed by atoms with Crippen LogP contribution >= 0.6 is 27.5 Å². The van der Waals surface area contributed by atoms with Crippen LogP contribution in [0.3, 0.4) is 0 Å². The fraction of sp³-hybridized carbons (Fsp3) is 0.385. The Morgan fingerprint density at radius 2 is 2.16 bits per heavy atom. The van der Waals surface area contributed by atoms with E-state index in [4.69, 9.17) is 16.7 Å². The molecule has 0 bridgehead atoms. The first kappa shape index (κ1) is 16.0. The van der Waals surface area contributed by atoms with Crippen LogP contribution in [0.5, 0.6) is 0 Å².